The number of benzene rings is 1. The Hall–Kier alpha value is -2.07. The molecule has 0 amide bonds. The van der Waals surface area contributed by atoms with Gasteiger partial charge in [0.05, 0.1) is 24.2 Å². The molecular formula is C16H17N3O. The smallest absolute Gasteiger partial charge is 0.0848 e. The van der Waals surface area contributed by atoms with Crippen LogP contribution in [0.25, 0.3) is 22.3 Å². The molecule has 102 valence electrons. The Morgan fingerprint density at radius 3 is 2.95 bits per heavy atom. The number of aliphatic hydroxyl groups excluding tert-OH is 1. The van der Waals surface area contributed by atoms with Crippen LogP contribution in [0.3, 0.4) is 0 Å². The molecule has 4 heteroatoms. The lowest BCUT2D eigenvalue weighted by Crippen LogP contribution is -2.24. The van der Waals surface area contributed by atoms with E-state index in [1.165, 1.54) is 16.5 Å². The molecule has 20 heavy (non-hydrogen) atoms. The summed E-state index contributed by atoms with van der Waals surface area (Å²) in [5, 5.41) is 17.9. The summed E-state index contributed by atoms with van der Waals surface area (Å²) in [5.74, 6) is 0. The summed E-state index contributed by atoms with van der Waals surface area (Å²) in [5.41, 5.74) is 6.93. The van der Waals surface area contributed by atoms with Gasteiger partial charge in [-0.25, -0.2) is 0 Å². The van der Waals surface area contributed by atoms with Gasteiger partial charge in [-0.2, -0.15) is 5.10 Å². The number of fused-ring (bicyclic) bond motifs is 5. The second-order valence-corrected chi connectivity index (χ2v) is 6.24. The molecule has 0 unspecified atom stereocenters. The van der Waals surface area contributed by atoms with Gasteiger partial charge in [-0.1, -0.05) is 19.9 Å². The summed E-state index contributed by atoms with van der Waals surface area (Å²) in [6.45, 7) is 4.60. The van der Waals surface area contributed by atoms with E-state index in [1.54, 1.807) is 0 Å². The largest absolute Gasteiger partial charge is 0.392 e. The van der Waals surface area contributed by atoms with E-state index in [1.807, 2.05) is 18.3 Å². The van der Waals surface area contributed by atoms with E-state index in [0.29, 0.717) is 0 Å². The maximum Gasteiger partial charge on any atom is 0.0848 e. The van der Waals surface area contributed by atoms with Gasteiger partial charge >= 0.3 is 0 Å². The van der Waals surface area contributed by atoms with Crippen molar-refractivity contribution in [1.82, 2.24) is 15.2 Å². The maximum atomic E-state index is 9.37. The Morgan fingerprint density at radius 2 is 2.15 bits per heavy atom. The Balaban J connectivity index is 2.11. The van der Waals surface area contributed by atoms with E-state index >= 15 is 0 Å². The normalized spacial score (nSPS) is 16.1. The third-order valence-electron chi connectivity index (χ3n) is 4.32. The van der Waals surface area contributed by atoms with Gasteiger partial charge in [-0.15, -0.1) is 0 Å². The number of rotatable bonds is 1. The summed E-state index contributed by atoms with van der Waals surface area (Å²) < 4.78 is 0. The molecule has 0 bridgehead atoms. The van der Waals surface area contributed by atoms with E-state index in [2.05, 4.69) is 35.1 Å². The van der Waals surface area contributed by atoms with Crippen molar-refractivity contribution in [2.45, 2.75) is 32.3 Å². The van der Waals surface area contributed by atoms with Gasteiger partial charge < -0.3 is 10.1 Å². The van der Waals surface area contributed by atoms with Crippen molar-refractivity contribution in [1.29, 1.82) is 0 Å². The van der Waals surface area contributed by atoms with Crippen molar-refractivity contribution in [2.75, 3.05) is 0 Å². The van der Waals surface area contributed by atoms with Crippen LogP contribution < -0.4 is 0 Å². The first-order valence-electron chi connectivity index (χ1n) is 6.89. The fourth-order valence-electron chi connectivity index (χ4n) is 3.45. The van der Waals surface area contributed by atoms with Crippen LogP contribution in [-0.2, 0) is 18.4 Å². The van der Waals surface area contributed by atoms with Gasteiger partial charge in [0.25, 0.3) is 0 Å². The highest BCUT2D eigenvalue weighted by molar-refractivity contribution is 5.93. The summed E-state index contributed by atoms with van der Waals surface area (Å²) in [6, 6.07) is 6.10. The van der Waals surface area contributed by atoms with Crippen LogP contribution in [0.5, 0.6) is 0 Å². The number of aromatic amines is 2. The average Bonchev–Trinajstić information content (AvgIpc) is 3.00. The molecule has 0 aliphatic heterocycles. The van der Waals surface area contributed by atoms with E-state index < -0.39 is 0 Å². The quantitative estimate of drug-likeness (QED) is 0.634. The highest BCUT2D eigenvalue weighted by atomic mass is 16.3. The highest BCUT2D eigenvalue weighted by Gasteiger charge is 2.35. The van der Waals surface area contributed by atoms with Crippen molar-refractivity contribution in [3.05, 3.63) is 41.1 Å². The lowest BCUT2D eigenvalue weighted by Gasteiger charge is -2.30. The van der Waals surface area contributed by atoms with Crippen LogP contribution in [0.4, 0.5) is 0 Å². The number of nitrogens with one attached hydrogen (secondary N) is 2. The Labute approximate surface area is 116 Å². The topological polar surface area (TPSA) is 64.7 Å². The van der Waals surface area contributed by atoms with Gasteiger partial charge in [0.1, 0.15) is 0 Å². The van der Waals surface area contributed by atoms with Crippen LogP contribution >= 0.6 is 0 Å². The first-order chi connectivity index (χ1) is 9.60. The number of nitrogens with zero attached hydrogens (tertiary/aromatic N) is 1. The Bertz CT molecular complexity index is 810. The fraction of sp³-hybridized carbons (Fsp3) is 0.312. The van der Waals surface area contributed by atoms with Gasteiger partial charge in [-0.3, -0.25) is 5.10 Å². The van der Waals surface area contributed by atoms with Gasteiger partial charge in [0, 0.05) is 16.5 Å². The molecule has 0 spiro atoms. The third kappa shape index (κ3) is 1.42. The molecular weight excluding hydrogens is 250 g/mol. The van der Waals surface area contributed by atoms with Gasteiger partial charge in [0.2, 0.25) is 0 Å². The van der Waals surface area contributed by atoms with Crippen molar-refractivity contribution in [3.8, 4) is 11.4 Å². The van der Waals surface area contributed by atoms with Crippen molar-refractivity contribution in [2.24, 2.45) is 0 Å². The first kappa shape index (κ1) is 11.7. The molecule has 1 aliphatic carbocycles. The summed E-state index contributed by atoms with van der Waals surface area (Å²) >= 11 is 0. The summed E-state index contributed by atoms with van der Waals surface area (Å²) in [6.07, 6.45) is 2.90. The lowest BCUT2D eigenvalue weighted by atomic mass is 9.73. The van der Waals surface area contributed by atoms with Gasteiger partial charge in [0.15, 0.2) is 0 Å². The standard InChI is InChI=1S/C16H17N3O/c1-16(2)6-10-7-17-19-14(10)15-13(16)11-5-9(8-20)3-4-12(11)18-15/h3-5,7,18,20H,6,8H2,1-2H3,(H,17,19). The van der Waals surface area contributed by atoms with Crippen molar-refractivity contribution in [3.63, 3.8) is 0 Å². The van der Waals surface area contributed by atoms with Crippen LogP contribution in [0.1, 0.15) is 30.5 Å². The number of hydrogen-bond donors (Lipinski definition) is 3. The molecule has 0 saturated carbocycles. The molecule has 2 heterocycles. The van der Waals surface area contributed by atoms with E-state index in [-0.39, 0.29) is 12.0 Å². The SMILES string of the molecule is CC1(C)Cc2cn[nH]c2-c2[nH]c3ccc(CO)cc3c21. The zero-order valence-corrected chi connectivity index (χ0v) is 11.6. The third-order valence-corrected chi connectivity index (χ3v) is 4.32. The molecule has 2 aromatic heterocycles. The van der Waals surface area contributed by atoms with Crippen LogP contribution in [0.2, 0.25) is 0 Å². The van der Waals surface area contributed by atoms with Crippen LogP contribution in [0, 0.1) is 0 Å². The number of aliphatic hydroxyl groups is 1. The van der Waals surface area contributed by atoms with Gasteiger partial charge in [-0.05, 0) is 35.1 Å². The zero-order valence-electron chi connectivity index (χ0n) is 11.6. The minimum absolute atomic E-state index is 0.0541. The van der Waals surface area contributed by atoms with Crippen LogP contribution in [-0.4, -0.2) is 20.3 Å². The summed E-state index contributed by atoms with van der Waals surface area (Å²) in [7, 11) is 0. The predicted octanol–water partition coefficient (Wildman–Crippen LogP) is 2.88. The summed E-state index contributed by atoms with van der Waals surface area (Å²) in [4.78, 5) is 3.51. The monoisotopic (exact) mass is 267 g/mol. The molecule has 4 nitrogen and oxygen atoms in total. The van der Waals surface area contributed by atoms with Crippen molar-refractivity contribution < 1.29 is 5.11 Å². The van der Waals surface area contributed by atoms with Crippen molar-refractivity contribution >= 4 is 10.9 Å². The fourth-order valence-corrected chi connectivity index (χ4v) is 3.45. The molecule has 0 saturated heterocycles. The molecule has 4 rings (SSSR count). The molecule has 3 N–H and O–H groups in total. The minimum atomic E-state index is 0.0541. The second-order valence-electron chi connectivity index (χ2n) is 6.24. The number of hydrogen-bond acceptors (Lipinski definition) is 2. The molecule has 0 atom stereocenters. The average molecular weight is 267 g/mol. The first-order valence-corrected chi connectivity index (χ1v) is 6.89. The van der Waals surface area contributed by atoms with E-state index in [4.69, 9.17) is 0 Å². The zero-order chi connectivity index (χ0) is 13.9. The van der Waals surface area contributed by atoms with E-state index in [0.717, 1.165) is 28.9 Å². The van der Waals surface area contributed by atoms with E-state index in [9.17, 15) is 5.11 Å². The lowest BCUT2D eigenvalue weighted by molar-refractivity contribution is 0.282. The second kappa shape index (κ2) is 3.73. The maximum absolute atomic E-state index is 9.37. The molecule has 0 fully saturated rings. The molecule has 1 aliphatic rings. The minimum Gasteiger partial charge on any atom is -0.392 e. The predicted molar refractivity (Wildman–Crippen MR) is 78.5 cm³/mol. The highest BCUT2D eigenvalue weighted by Crippen LogP contribution is 2.45. The number of aromatic nitrogens is 3. The van der Waals surface area contributed by atoms with Crippen LogP contribution in [0.15, 0.2) is 24.4 Å². The number of H-pyrrole nitrogens is 2. The molecule has 3 aromatic rings. The molecule has 1 aromatic carbocycles. The Morgan fingerprint density at radius 1 is 1.30 bits per heavy atom. The molecule has 0 radical (unpaired) electrons. The Kier molecular flexibility index (Phi) is 2.19.